The second kappa shape index (κ2) is 5.31. The predicted molar refractivity (Wildman–Crippen MR) is 65.2 cm³/mol. The van der Waals surface area contributed by atoms with Crippen LogP contribution in [0.4, 0.5) is 0 Å². The fraction of sp³-hybridized carbons (Fsp3) is 0.0833. The summed E-state index contributed by atoms with van der Waals surface area (Å²) in [5.74, 6) is -0.641. The Bertz CT molecular complexity index is 558. The molecule has 88 valence electrons. The van der Waals surface area contributed by atoms with Gasteiger partial charge in [-0.25, -0.2) is 14.8 Å². The highest BCUT2D eigenvalue weighted by Gasteiger charge is 2.04. The number of aromatic nitrogens is 2. The summed E-state index contributed by atoms with van der Waals surface area (Å²) in [7, 11) is 5.51. The molecule has 0 saturated heterocycles. The Balaban J connectivity index is 2.00. The largest absolute Gasteiger partial charge is 0.477 e. The van der Waals surface area contributed by atoms with Crippen molar-refractivity contribution in [2.75, 3.05) is 0 Å². The third-order valence-corrected chi connectivity index (χ3v) is 2.18. The lowest BCUT2D eigenvalue weighted by molar-refractivity contribution is 0.0690. The molecule has 0 fully saturated rings. The highest BCUT2D eigenvalue weighted by molar-refractivity contribution is 6.30. The highest BCUT2D eigenvalue weighted by Crippen LogP contribution is 2.07. The van der Waals surface area contributed by atoms with Crippen molar-refractivity contribution < 1.29 is 14.6 Å². The van der Waals surface area contributed by atoms with Crippen molar-refractivity contribution in [3.05, 3.63) is 47.8 Å². The Kier molecular flexibility index (Phi) is 3.57. The van der Waals surface area contributed by atoms with E-state index >= 15 is 0 Å². The van der Waals surface area contributed by atoms with Gasteiger partial charge < -0.3 is 9.84 Å². The van der Waals surface area contributed by atoms with Crippen molar-refractivity contribution in [3.8, 4) is 5.88 Å². The summed E-state index contributed by atoms with van der Waals surface area (Å²) in [6, 6.07) is 8.16. The zero-order valence-corrected chi connectivity index (χ0v) is 9.41. The highest BCUT2D eigenvalue weighted by atomic mass is 16.5. The van der Waals surface area contributed by atoms with Gasteiger partial charge in [0, 0.05) is 17.8 Å². The molecule has 2 aromatic heterocycles. The molecule has 0 bridgehead atoms. The van der Waals surface area contributed by atoms with Gasteiger partial charge in [-0.05, 0) is 11.7 Å². The summed E-state index contributed by atoms with van der Waals surface area (Å²) in [5, 5.41) is 8.70. The minimum absolute atomic E-state index is 0.000769. The summed E-state index contributed by atoms with van der Waals surface area (Å²) in [4.78, 5) is 18.4. The van der Waals surface area contributed by atoms with Crippen LogP contribution in [-0.2, 0) is 6.61 Å². The fourth-order valence-electron chi connectivity index (χ4n) is 1.30. The van der Waals surface area contributed by atoms with Crippen molar-refractivity contribution in [2.24, 2.45) is 0 Å². The van der Waals surface area contributed by atoms with E-state index in [0.29, 0.717) is 11.5 Å². The van der Waals surface area contributed by atoms with Gasteiger partial charge in [-0.1, -0.05) is 18.2 Å². The second-order valence-corrected chi connectivity index (χ2v) is 3.55. The van der Waals surface area contributed by atoms with Gasteiger partial charge in [0.15, 0.2) is 0 Å². The molecule has 5 nitrogen and oxygen atoms in total. The minimum atomic E-state index is -1.06. The topological polar surface area (TPSA) is 72.3 Å². The molecule has 0 saturated carbocycles. The summed E-state index contributed by atoms with van der Waals surface area (Å²) in [5.41, 5.74) is 1.14. The van der Waals surface area contributed by atoms with Gasteiger partial charge in [-0.2, -0.15) is 0 Å². The van der Waals surface area contributed by atoms with E-state index in [4.69, 9.17) is 17.7 Å². The molecule has 0 aliphatic rings. The molecule has 0 aliphatic carbocycles. The van der Waals surface area contributed by atoms with Crippen LogP contribution in [0.25, 0.3) is 0 Å². The number of ether oxygens (including phenoxy) is 1. The Morgan fingerprint density at radius 1 is 1.33 bits per heavy atom. The van der Waals surface area contributed by atoms with Gasteiger partial charge in [-0.15, -0.1) is 0 Å². The van der Waals surface area contributed by atoms with Crippen LogP contribution in [0.15, 0.2) is 36.5 Å². The molecule has 0 atom stereocenters. The molecule has 0 spiro atoms. The first kappa shape index (κ1) is 12.1. The molecule has 2 aromatic rings. The lowest BCUT2D eigenvalue weighted by atomic mass is 10.0. The number of carboxylic acid groups (broad SMARTS) is 1. The Hall–Kier alpha value is -2.37. The van der Waals surface area contributed by atoms with Crippen LogP contribution in [0.3, 0.4) is 0 Å². The van der Waals surface area contributed by atoms with Gasteiger partial charge in [-0.3, -0.25) is 0 Å². The molecule has 0 aromatic carbocycles. The van der Waals surface area contributed by atoms with E-state index in [0.717, 1.165) is 5.56 Å². The maximum absolute atomic E-state index is 10.6. The fourth-order valence-corrected chi connectivity index (χ4v) is 1.30. The zero-order chi connectivity index (χ0) is 13.0. The average molecular weight is 240 g/mol. The van der Waals surface area contributed by atoms with Crippen molar-refractivity contribution in [2.45, 2.75) is 6.61 Å². The molecule has 2 radical (unpaired) electrons. The lowest BCUT2D eigenvalue weighted by Crippen LogP contribution is -2.09. The molecule has 2 heterocycles. The van der Waals surface area contributed by atoms with E-state index in [1.54, 1.807) is 24.3 Å². The molecule has 1 N–H and O–H groups in total. The standard InChI is InChI=1S/C12H9BN2O3/c13-10-2-1-3-11(15-10)18-7-8-4-5-9(12(16)17)14-6-8/h1-6H,7H2,(H,16,17). The van der Waals surface area contributed by atoms with Crippen LogP contribution in [0.5, 0.6) is 5.88 Å². The number of nitrogens with zero attached hydrogens (tertiary/aromatic N) is 2. The third-order valence-electron chi connectivity index (χ3n) is 2.18. The average Bonchev–Trinajstić information content (AvgIpc) is 2.37. The maximum atomic E-state index is 10.6. The zero-order valence-electron chi connectivity index (χ0n) is 9.41. The Morgan fingerprint density at radius 3 is 2.78 bits per heavy atom. The Morgan fingerprint density at radius 2 is 2.17 bits per heavy atom. The first-order valence-electron chi connectivity index (χ1n) is 5.19. The van der Waals surface area contributed by atoms with E-state index in [9.17, 15) is 4.79 Å². The summed E-state index contributed by atoms with van der Waals surface area (Å²) in [6.07, 6.45) is 1.45. The number of carbonyl (C=O) groups is 1. The Labute approximate surface area is 105 Å². The SMILES string of the molecule is [B]c1cccc(OCc2ccc(C(=O)O)nc2)n1. The second-order valence-electron chi connectivity index (χ2n) is 3.55. The maximum Gasteiger partial charge on any atom is 0.354 e. The number of rotatable bonds is 4. The summed E-state index contributed by atoms with van der Waals surface area (Å²) < 4.78 is 5.39. The lowest BCUT2D eigenvalue weighted by Gasteiger charge is -2.05. The molecule has 18 heavy (non-hydrogen) atoms. The van der Waals surface area contributed by atoms with Gasteiger partial charge in [0.25, 0.3) is 0 Å². The molecule has 2 rings (SSSR count). The summed E-state index contributed by atoms with van der Waals surface area (Å²) >= 11 is 0. The van der Waals surface area contributed by atoms with Crippen LogP contribution in [-0.4, -0.2) is 28.9 Å². The van der Waals surface area contributed by atoms with Crippen molar-refractivity contribution in [1.82, 2.24) is 9.97 Å². The van der Waals surface area contributed by atoms with Crippen LogP contribution in [0, 0.1) is 0 Å². The van der Waals surface area contributed by atoms with Crippen LogP contribution >= 0.6 is 0 Å². The van der Waals surface area contributed by atoms with Crippen molar-refractivity contribution >= 4 is 19.4 Å². The molecular weight excluding hydrogens is 231 g/mol. The molecule has 0 aliphatic heterocycles. The van der Waals surface area contributed by atoms with Gasteiger partial charge in [0.2, 0.25) is 5.88 Å². The smallest absolute Gasteiger partial charge is 0.354 e. The van der Waals surface area contributed by atoms with Gasteiger partial charge in [0.1, 0.15) is 20.1 Å². The first-order valence-corrected chi connectivity index (χ1v) is 5.19. The molecular formula is C12H9BN2O3. The van der Waals surface area contributed by atoms with Crippen molar-refractivity contribution in [1.29, 1.82) is 0 Å². The van der Waals surface area contributed by atoms with E-state index in [-0.39, 0.29) is 12.3 Å². The van der Waals surface area contributed by atoms with E-state index in [1.165, 1.54) is 12.3 Å². The monoisotopic (exact) mass is 240 g/mol. The number of hydrogen-bond acceptors (Lipinski definition) is 4. The van der Waals surface area contributed by atoms with Crippen LogP contribution in [0.2, 0.25) is 0 Å². The van der Waals surface area contributed by atoms with Crippen molar-refractivity contribution in [3.63, 3.8) is 0 Å². The van der Waals surface area contributed by atoms with E-state index < -0.39 is 5.97 Å². The minimum Gasteiger partial charge on any atom is -0.477 e. The third kappa shape index (κ3) is 3.07. The van der Waals surface area contributed by atoms with Gasteiger partial charge in [0.05, 0.1) is 0 Å². The number of carboxylic acids is 1. The quantitative estimate of drug-likeness (QED) is 0.790. The molecule has 0 unspecified atom stereocenters. The molecule has 6 heteroatoms. The normalized spacial score (nSPS) is 10.0. The number of aromatic carboxylic acids is 1. The van der Waals surface area contributed by atoms with Crippen LogP contribution in [0.1, 0.15) is 16.1 Å². The summed E-state index contributed by atoms with van der Waals surface area (Å²) in [6.45, 7) is 0.253. The van der Waals surface area contributed by atoms with Gasteiger partial charge >= 0.3 is 5.97 Å². The van der Waals surface area contributed by atoms with E-state index in [1.807, 2.05) is 0 Å². The predicted octanol–water partition coefficient (Wildman–Crippen LogP) is 0.548. The number of pyridine rings is 2. The van der Waals surface area contributed by atoms with Crippen LogP contribution < -0.4 is 10.3 Å². The first-order chi connectivity index (χ1) is 8.65. The van der Waals surface area contributed by atoms with E-state index in [2.05, 4.69) is 9.97 Å². The number of hydrogen-bond donors (Lipinski definition) is 1. The molecule has 0 amide bonds.